The van der Waals surface area contributed by atoms with E-state index in [-0.39, 0.29) is 5.60 Å². The predicted octanol–water partition coefficient (Wildman–Crippen LogP) is 3.22. The summed E-state index contributed by atoms with van der Waals surface area (Å²) < 4.78 is 0. The van der Waals surface area contributed by atoms with Crippen molar-refractivity contribution in [1.82, 2.24) is 0 Å². The molecule has 86 valence electrons. The molecule has 3 rings (SSSR count). The number of rotatable bonds is 0. The van der Waals surface area contributed by atoms with E-state index in [1.165, 1.54) is 25.7 Å². The highest BCUT2D eigenvalue weighted by atomic mass is 16.3. The summed E-state index contributed by atoms with van der Waals surface area (Å²) in [4.78, 5) is 0. The molecule has 3 saturated carbocycles. The fourth-order valence-electron chi connectivity index (χ4n) is 4.99. The first-order valence-corrected chi connectivity index (χ1v) is 6.67. The molecule has 1 N–H and O–H groups in total. The third-order valence-electron chi connectivity index (χ3n) is 5.86. The van der Waals surface area contributed by atoms with Crippen molar-refractivity contribution in [3.8, 4) is 0 Å². The number of fused-ring (bicyclic) bond motifs is 3. The molecule has 0 aromatic carbocycles. The van der Waals surface area contributed by atoms with E-state index in [2.05, 4.69) is 20.8 Å². The minimum absolute atomic E-state index is 0.355. The number of hydrogen-bond donors (Lipinski definition) is 1. The second kappa shape index (κ2) is 2.80. The minimum Gasteiger partial charge on any atom is -0.390 e. The van der Waals surface area contributed by atoms with Crippen LogP contribution in [0.5, 0.6) is 0 Å². The van der Waals surface area contributed by atoms with Crippen molar-refractivity contribution in [2.45, 2.75) is 58.5 Å². The van der Waals surface area contributed by atoms with Gasteiger partial charge >= 0.3 is 0 Å². The van der Waals surface area contributed by atoms with Crippen LogP contribution in [0.1, 0.15) is 52.9 Å². The number of aliphatic hydroxyl groups is 1. The predicted molar refractivity (Wildman–Crippen MR) is 61.4 cm³/mol. The maximum atomic E-state index is 10.5. The van der Waals surface area contributed by atoms with E-state index in [0.29, 0.717) is 11.3 Å². The van der Waals surface area contributed by atoms with Crippen LogP contribution in [0.4, 0.5) is 0 Å². The fraction of sp³-hybridized carbons (Fsp3) is 1.00. The summed E-state index contributed by atoms with van der Waals surface area (Å²) in [6, 6.07) is 0. The summed E-state index contributed by atoms with van der Waals surface area (Å²) in [5, 5.41) is 10.5. The van der Waals surface area contributed by atoms with Gasteiger partial charge in [0.25, 0.3) is 0 Å². The van der Waals surface area contributed by atoms with Crippen LogP contribution < -0.4 is 0 Å². The molecular weight excluding hydrogens is 184 g/mol. The van der Waals surface area contributed by atoms with Crippen LogP contribution in [0.15, 0.2) is 0 Å². The van der Waals surface area contributed by atoms with Crippen LogP contribution in [-0.4, -0.2) is 10.7 Å². The van der Waals surface area contributed by atoms with Crippen LogP contribution in [-0.2, 0) is 0 Å². The summed E-state index contributed by atoms with van der Waals surface area (Å²) in [6.45, 7) is 6.92. The average molecular weight is 208 g/mol. The molecule has 5 atom stereocenters. The molecule has 0 amide bonds. The maximum absolute atomic E-state index is 10.5. The van der Waals surface area contributed by atoms with Gasteiger partial charge in [-0.2, -0.15) is 0 Å². The van der Waals surface area contributed by atoms with Crippen LogP contribution in [0.3, 0.4) is 0 Å². The van der Waals surface area contributed by atoms with Gasteiger partial charge in [-0.3, -0.25) is 0 Å². The van der Waals surface area contributed by atoms with Crippen LogP contribution in [0.25, 0.3) is 0 Å². The molecule has 0 heterocycles. The zero-order chi connectivity index (χ0) is 10.8. The Kier molecular flexibility index (Phi) is 1.89. The summed E-state index contributed by atoms with van der Waals surface area (Å²) >= 11 is 0. The second-order valence-electron chi connectivity index (χ2n) is 7.07. The largest absolute Gasteiger partial charge is 0.390 e. The van der Waals surface area contributed by atoms with Crippen LogP contribution in [0, 0.1) is 29.1 Å². The lowest BCUT2D eigenvalue weighted by atomic mass is 9.79. The standard InChI is InChI=1S/C14H24O/c1-13(2)10-6-4-5-9-7-8-14(3,15)11(9)12(10)13/h9-12,15H,4-8H2,1-3H3/t9-,10-,11-,12-,14+/m1/s1. The molecule has 0 aromatic rings. The quantitative estimate of drug-likeness (QED) is 0.648. The van der Waals surface area contributed by atoms with Gasteiger partial charge in [-0.25, -0.2) is 0 Å². The van der Waals surface area contributed by atoms with Crippen molar-refractivity contribution in [3.05, 3.63) is 0 Å². The fourth-order valence-corrected chi connectivity index (χ4v) is 4.99. The van der Waals surface area contributed by atoms with E-state index >= 15 is 0 Å². The van der Waals surface area contributed by atoms with Crippen molar-refractivity contribution in [3.63, 3.8) is 0 Å². The first-order valence-electron chi connectivity index (χ1n) is 6.67. The Hall–Kier alpha value is -0.0400. The summed E-state index contributed by atoms with van der Waals surface area (Å²) in [7, 11) is 0. The van der Waals surface area contributed by atoms with Crippen molar-refractivity contribution in [1.29, 1.82) is 0 Å². The van der Waals surface area contributed by atoms with E-state index in [9.17, 15) is 5.11 Å². The highest BCUT2D eigenvalue weighted by Crippen LogP contribution is 2.70. The van der Waals surface area contributed by atoms with Crippen molar-refractivity contribution >= 4 is 0 Å². The molecule has 0 bridgehead atoms. The molecule has 1 heteroatoms. The summed E-state index contributed by atoms with van der Waals surface area (Å²) in [5.41, 5.74) is 0.170. The lowest BCUT2D eigenvalue weighted by molar-refractivity contribution is -0.00543. The Labute approximate surface area is 93.3 Å². The number of hydrogen-bond acceptors (Lipinski definition) is 1. The molecule has 15 heavy (non-hydrogen) atoms. The molecular formula is C14H24O. The van der Waals surface area contributed by atoms with Gasteiger partial charge in [0, 0.05) is 0 Å². The molecule has 3 aliphatic rings. The molecule has 0 spiro atoms. The van der Waals surface area contributed by atoms with Gasteiger partial charge in [-0.05, 0) is 55.3 Å². The average Bonchev–Trinajstić information content (AvgIpc) is 2.62. The Morgan fingerprint density at radius 1 is 1.00 bits per heavy atom. The lowest BCUT2D eigenvalue weighted by Crippen LogP contribution is -2.34. The SMILES string of the molecule is CC1(C)[C@H]2[C@H]3[C@H](CCC[C@H]21)CC[C@]3(C)O. The summed E-state index contributed by atoms with van der Waals surface area (Å²) in [5.74, 6) is 3.18. The Balaban J connectivity index is 1.92. The Morgan fingerprint density at radius 3 is 2.47 bits per heavy atom. The van der Waals surface area contributed by atoms with Crippen molar-refractivity contribution in [2.24, 2.45) is 29.1 Å². The van der Waals surface area contributed by atoms with Crippen LogP contribution in [0.2, 0.25) is 0 Å². The van der Waals surface area contributed by atoms with Crippen LogP contribution >= 0.6 is 0 Å². The first-order chi connectivity index (χ1) is 6.94. The molecule has 0 aliphatic heterocycles. The van der Waals surface area contributed by atoms with E-state index < -0.39 is 0 Å². The van der Waals surface area contributed by atoms with E-state index in [4.69, 9.17) is 0 Å². The van der Waals surface area contributed by atoms with Crippen molar-refractivity contribution < 1.29 is 5.11 Å². The van der Waals surface area contributed by atoms with Gasteiger partial charge in [0.05, 0.1) is 5.60 Å². The van der Waals surface area contributed by atoms with Gasteiger partial charge in [0.15, 0.2) is 0 Å². The second-order valence-corrected chi connectivity index (χ2v) is 7.07. The summed E-state index contributed by atoms with van der Waals surface area (Å²) in [6.07, 6.45) is 6.52. The highest BCUT2D eigenvalue weighted by molar-refractivity contribution is 5.15. The van der Waals surface area contributed by atoms with Gasteiger partial charge < -0.3 is 5.11 Å². The lowest BCUT2D eigenvalue weighted by Gasteiger charge is -2.30. The smallest absolute Gasteiger partial charge is 0.0653 e. The molecule has 0 saturated heterocycles. The highest BCUT2D eigenvalue weighted by Gasteiger charge is 2.66. The molecule has 0 radical (unpaired) electrons. The van der Waals surface area contributed by atoms with Gasteiger partial charge in [-0.15, -0.1) is 0 Å². The maximum Gasteiger partial charge on any atom is 0.0653 e. The third-order valence-corrected chi connectivity index (χ3v) is 5.86. The zero-order valence-electron chi connectivity index (χ0n) is 10.3. The van der Waals surface area contributed by atoms with E-state index in [1.54, 1.807) is 0 Å². The topological polar surface area (TPSA) is 20.2 Å². The van der Waals surface area contributed by atoms with Gasteiger partial charge in [0.1, 0.15) is 0 Å². The molecule has 0 unspecified atom stereocenters. The molecule has 1 nitrogen and oxygen atoms in total. The zero-order valence-corrected chi connectivity index (χ0v) is 10.3. The first kappa shape index (κ1) is 10.1. The van der Waals surface area contributed by atoms with Crippen molar-refractivity contribution in [2.75, 3.05) is 0 Å². The van der Waals surface area contributed by atoms with Gasteiger partial charge in [0.2, 0.25) is 0 Å². The van der Waals surface area contributed by atoms with E-state index in [1.807, 2.05) is 0 Å². The molecule has 3 fully saturated rings. The minimum atomic E-state index is -0.355. The third kappa shape index (κ3) is 1.25. The molecule has 3 aliphatic carbocycles. The normalized spacial score (nSPS) is 56.8. The molecule has 0 aromatic heterocycles. The Bertz CT molecular complexity index is 277. The van der Waals surface area contributed by atoms with Gasteiger partial charge in [-0.1, -0.05) is 26.7 Å². The van der Waals surface area contributed by atoms with E-state index in [0.717, 1.165) is 24.2 Å². The Morgan fingerprint density at radius 2 is 1.73 bits per heavy atom. The monoisotopic (exact) mass is 208 g/mol.